The van der Waals surface area contributed by atoms with Gasteiger partial charge in [0.25, 0.3) is 0 Å². The maximum absolute atomic E-state index is 10.7. The number of carbonyl (C=O) groups is 1. The van der Waals surface area contributed by atoms with Crippen molar-refractivity contribution >= 4 is 13.8 Å². The molecule has 3 nitrogen and oxygen atoms in total. The van der Waals surface area contributed by atoms with E-state index in [1.165, 1.54) is 13.5 Å². The van der Waals surface area contributed by atoms with Crippen molar-refractivity contribution in [2.45, 2.75) is 79.0 Å². The average molecular weight is 258 g/mol. The number of amides is 1. The lowest BCUT2D eigenvalue weighted by Gasteiger charge is -2.20. The second kappa shape index (κ2) is 21.7. The zero-order valence-corrected chi connectivity index (χ0v) is 13.7. The van der Waals surface area contributed by atoms with Gasteiger partial charge in [0.15, 0.2) is 0 Å². The highest BCUT2D eigenvalue weighted by Crippen LogP contribution is 2.26. The van der Waals surface area contributed by atoms with Gasteiger partial charge in [-0.3, -0.25) is 4.79 Å². The van der Waals surface area contributed by atoms with Crippen LogP contribution >= 0.6 is 0 Å². The summed E-state index contributed by atoms with van der Waals surface area (Å²) in [6.45, 7) is 12.0. The number of hydrogen-bond donors (Lipinski definition) is 2. The molecule has 0 fully saturated rings. The summed E-state index contributed by atoms with van der Waals surface area (Å²) in [6.07, 6.45) is 5.16. The third kappa shape index (κ3) is 24.6. The summed E-state index contributed by atoms with van der Waals surface area (Å²) in [5.41, 5.74) is 9.59. The molecular formula is C14H35BN2O. The van der Waals surface area contributed by atoms with Crippen molar-refractivity contribution in [3.05, 3.63) is 0 Å². The third-order valence-corrected chi connectivity index (χ3v) is 1.86. The molecule has 0 aromatic heterocycles. The first-order valence-electron chi connectivity index (χ1n) is 7.08. The van der Waals surface area contributed by atoms with Crippen LogP contribution in [0.1, 0.15) is 73.6 Å². The van der Waals surface area contributed by atoms with Crippen LogP contribution in [0.4, 0.5) is 0 Å². The van der Waals surface area contributed by atoms with Crippen LogP contribution in [0.5, 0.6) is 0 Å². The minimum absolute atomic E-state index is 0.409. The summed E-state index contributed by atoms with van der Waals surface area (Å²) < 4.78 is 0. The summed E-state index contributed by atoms with van der Waals surface area (Å²) in [5.74, 6) is -0.409. The number of hydrogen-bond acceptors (Lipinski definition) is 2. The molecule has 18 heavy (non-hydrogen) atoms. The molecule has 1 amide bonds. The highest BCUT2D eigenvalue weighted by atomic mass is 16.1. The van der Waals surface area contributed by atoms with E-state index >= 15 is 0 Å². The lowest BCUT2D eigenvalue weighted by atomic mass is 9.67. The Bertz CT molecular complexity index is 151. The van der Waals surface area contributed by atoms with Crippen LogP contribution in [-0.2, 0) is 4.79 Å². The standard InChI is InChI=1S/C8H16BNO.C3H8.C2H6.CH5N/c1-3-4-5-6-8(2,9)7(10)11;1-3-2;2*1-2/h3-6H2,1-2H3,(H2,10,11);3H2,1-2H3;1-2H3;2H2,1H3. The molecule has 0 bridgehead atoms. The highest BCUT2D eigenvalue weighted by Gasteiger charge is 2.22. The normalized spacial score (nSPS) is 11.3. The first-order valence-corrected chi connectivity index (χ1v) is 7.08. The van der Waals surface area contributed by atoms with Crippen LogP contribution in [0.2, 0.25) is 5.31 Å². The lowest BCUT2D eigenvalue weighted by molar-refractivity contribution is -0.120. The zero-order valence-electron chi connectivity index (χ0n) is 13.7. The van der Waals surface area contributed by atoms with Gasteiger partial charge in [0.05, 0.1) is 7.85 Å². The Kier molecular flexibility index (Phi) is 31.6. The van der Waals surface area contributed by atoms with Crippen molar-refractivity contribution in [3.8, 4) is 0 Å². The second-order valence-corrected chi connectivity index (χ2v) is 3.95. The second-order valence-electron chi connectivity index (χ2n) is 3.95. The fourth-order valence-corrected chi connectivity index (χ4v) is 0.865. The van der Waals surface area contributed by atoms with E-state index in [-0.39, 0.29) is 0 Å². The van der Waals surface area contributed by atoms with E-state index in [2.05, 4.69) is 26.5 Å². The molecule has 0 aromatic carbocycles. The third-order valence-electron chi connectivity index (χ3n) is 1.86. The molecular weight excluding hydrogens is 223 g/mol. The first-order chi connectivity index (χ1) is 8.42. The van der Waals surface area contributed by atoms with Crippen molar-refractivity contribution in [1.29, 1.82) is 0 Å². The van der Waals surface area contributed by atoms with Gasteiger partial charge in [-0.15, -0.1) is 0 Å². The quantitative estimate of drug-likeness (QED) is 0.586. The molecule has 4 heteroatoms. The van der Waals surface area contributed by atoms with Crippen LogP contribution in [0.25, 0.3) is 0 Å². The van der Waals surface area contributed by atoms with E-state index in [0.29, 0.717) is 6.42 Å². The minimum atomic E-state index is -0.810. The maximum atomic E-state index is 10.7. The zero-order chi connectivity index (χ0) is 15.6. The molecule has 0 heterocycles. The van der Waals surface area contributed by atoms with Crippen molar-refractivity contribution < 1.29 is 4.79 Å². The van der Waals surface area contributed by atoms with Gasteiger partial charge in [-0.1, -0.05) is 67.2 Å². The Morgan fingerprint density at radius 3 is 1.67 bits per heavy atom. The van der Waals surface area contributed by atoms with Crippen LogP contribution < -0.4 is 11.5 Å². The molecule has 4 N–H and O–H groups in total. The molecule has 1 atom stereocenters. The predicted octanol–water partition coefficient (Wildman–Crippen LogP) is 3.42. The van der Waals surface area contributed by atoms with E-state index in [9.17, 15) is 4.79 Å². The molecule has 0 spiro atoms. The van der Waals surface area contributed by atoms with Gasteiger partial charge in [0.1, 0.15) is 0 Å². The fourth-order valence-electron chi connectivity index (χ4n) is 0.865. The predicted molar refractivity (Wildman–Crippen MR) is 84.9 cm³/mol. The van der Waals surface area contributed by atoms with Gasteiger partial charge in [-0.25, -0.2) is 0 Å². The van der Waals surface area contributed by atoms with Crippen molar-refractivity contribution in [1.82, 2.24) is 0 Å². The van der Waals surface area contributed by atoms with Crippen LogP contribution in [0.3, 0.4) is 0 Å². The Labute approximate surface area is 116 Å². The largest absolute Gasteiger partial charge is 0.370 e. The number of primary amides is 1. The van der Waals surface area contributed by atoms with Crippen molar-refractivity contribution in [2.24, 2.45) is 11.5 Å². The Hall–Kier alpha value is -0.505. The SMILES string of the molecule is CC.CCC.CN.[B]C(C)(CCCCC)C(N)=O. The number of carbonyl (C=O) groups excluding carboxylic acids is 1. The summed E-state index contributed by atoms with van der Waals surface area (Å²) in [7, 11) is 7.13. The van der Waals surface area contributed by atoms with E-state index in [1.54, 1.807) is 6.92 Å². The molecule has 0 aromatic rings. The Balaban J connectivity index is -0.000000118. The van der Waals surface area contributed by atoms with Crippen LogP contribution in [-0.4, -0.2) is 20.8 Å². The average Bonchev–Trinajstić information content (AvgIpc) is 2.35. The summed E-state index contributed by atoms with van der Waals surface area (Å²) in [5, 5.41) is -0.810. The minimum Gasteiger partial charge on any atom is -0.370 e. The number of rotatable bonds is 5. The monoisotopic (exact) mass is 258 g/mol. The highest BCUT2D eigenvalue weighted by molar-refractivity contribution is 6.27. The Morgan fingerprint density at radius 1 is 1.11 bits per heavy atom. The van der Waals surface area contributed by atoms with Crippen LogP contribution in [0.15, 0.2) is 0 Å². The molecule has 0 rings (SSSR count). The molecule has 0 saturated heterocycles. The molecule has 110 valence electrons. The van der Waals surface area contributed by atoms with E-state index in [4.69, 9.17) is 13.6 Å². The fraction of sp³-hybridized carbons (Fsp3) is 0.929. The molecule has 0 aliphatic carbocycles. The smallest absolute Gasteiger partial charge is 0.214 e. The summed E-state index contributed by atoms with van der Waals surface area (Å²) >= 11 is 0. The lowest BCUT2D eigenvalue weighted by Crippen LogP contribution is -2.28. The summed E-state index contributed by atoms with van der Waals surface area (Å²) in [6, 6.07) is 0. The van der Waals surface area contributed by atoms with E-state index < -0.39 is 11.2 Å². The van der Waals surface area contributed by atoms with Crippen LogP contribution in [0, 0.1) is 0 Å². The Morgan fingerprint density at radius 2 is 1.44 bits per heavy atom. The van der Waals surface area contributed by atoms with Gasteiger partial charge in [0, 0.05) is 5.31 Å². The number of nitrogens with two attached hydrogens (primary N) is 2. The molecule has 0 saturated carbocycles. The van der Waals surface area contributed by atoms with Gasteiger partial charge >= 0.3 is 0 Å². The molecule has 0 aliphatic rings. The van der Waals surface area contributed by atoms with Gasteiger partial charge in [-0.2, -0.15) is 0 Å². The van der Waals surface area contributed by atoms with Gasteiger partial charge < -0.3 is 11.5 Å². The van der Waals surface area contributed by atoms with Gasteiger partial charge in [-0.05, 0) is 13.5 Å². The first kappa shape index (κ1) is 26.1. The van der Waals surface area contributed by atoms with E-state index in [0.717, 1.165) is 19.3 Å². The van der Waals surface area contributed by atoms with E-state index in [1.807, 2.05) is 13.8 Å². The molecule has 1 unspecified atom stereocenters. The summed E-state index contributed by atoms with van der Waals surface area (Å²) in [4.78, 5) is 10.7. The molecule has 0 aliphatic heterocycles. The number of unbranched alkanes of at least 4 members (excludes halogenated alkanes) is 2. The maximum Gasteiger partial charge on any atom is 0.214 e. The molecule has 2 radical (unpaired) electrons. The topological polar surface area (TPSA) is 69.1 Å². The van der Waals surface area contributed by atoms with Gasteiger partial charge in [0.2, 0.25) is 5.91 Å². The van der Waals surface area contributed by atoms with Crippen molar-refractivity contribution in [3.63, 3.8) is 0 Å². The van der Waals surface area contributed by atoms with Crippen molar-refractivity contribution in [2.75, 3.05) is 7.05 Å².